The maximum atomic E-state index is 13.3. The summed E-state index contributed by atoms with van der Waals surface area (Å²) in [6, 6.07) is 1.19. The molecule has 25 heteroatoms. The highest BCUT2D eigenvalue weighted by Gasteiger charge is 2.52. The molecule has 51 heavy (non-hydrogen) atoms. The van der Waals surface area contributed by atoms with E-state index < -0.39 is 89.6 Å². The van der Waals surface area contributed by atoms with Crippen LogP contribution in [0.4, 0.5) is 11.6 Å². The number of unbranched alkanes of at least 4 members (excludes halogenated alkanes) is 3. The SMILES string of the molecule is CCCCCCC(=O)O[C@H]1[C@@H](O)[C@H](n2cnc3c(N)ncnc32)O[C@@H]1COP(=O)(O)O[C@H]1[C@@H](O)[C@H](n2ccc(N)nc2=O)O[C@@H]1COP(=O)(O)O. The van der Waals surface area contributed by atoms with Crippen molar-refractivity contribution in [3.8, 4) is 0 Å². The molecule has 2 aliphatic heterocycles. The third-order valence-corrected chi connectivity index (χ3v) is 9.44. The number of carbonyl (C=O) groups excluding carboxylic acids is 1. The lowest BCUT2D eigenvalue weighted by atomic mass is 10.1. The Balaban J connectivity index is 1.34. The summed E-state index contributed by atoms with van der Waals surface area (Å²) in [6.07, 6.45) is -6.16. The van der Waals surface area contributed by atoms with E-state index in [9.17, 15) is 43.6 Å². The number of aliphatic hydroxyl groups is 2. The van der Waals surface area contributed by atoms with Crippen molar-refractivity contribution < 1.29 is 66.6 Å². The number of carbonyl (C=O) groups is 1. The van der Waals surface area contributed by atoms with E-state index in [1.807, 2.05) is 6.92 Å². The molecule has 0 aromatic carbocycles. The van der Waals surface area contributed by atoms with E-state index in [1.165, 1.54) is 17.0 Å². The summed E-state index contributed by atoms with van der Waals surface area (Å²) in [6.45, 7) is 0.199. The Morgan fingerprint density at radius 2 is 1.61 bits per heavy atom. The van der Waals surface area contributed by atoms with Crippen LogP contribution in [0.25, 0.3) is 11.2 Å². The van der Waals surface area contributed by atoms with Crippen LogP contribution in [-0.4, -0.2) is 110 Å². The van der Waals surface area contributed by atoms with Gasteiger partial charge in [-0.05, 0) is 12.5 Å². The van der Waals surface area contributed by atoms with Crippen molar-refractivity contribution >= 4 is 44.4 Å². The van der Waals surface area contributed by atoms with E-state index in [-0.39, 0.29) is 29.2 Å². The molecule has 5 heterocycles. The number of phosphoric acid groups is 2. The third kappa shape index (κ3) is 9.33. The highest BCUT2D eigenvalue weighted by molar-refractivity contribution is 7.47. The first-order chi connectivity index (χ1) is 24.1. The number of ether oxygens (including phenoxy) is 3. The van der Waals surface area contributed by atoms with Crippen LogP contribution in [0.3, 0.4) is 0 Å². The molecular weight excluding hydrogens is 726 g/mol. The van der Waals surface area contributed by atoms with Crippen LogP contribution in [0.5, 0.6) is 0 Å². The summed E-state index contributed by atoms with van der Waals surface area (Å²) < 4.78 is 58.7. The number of anilines is 2. The number of aliphatic hydroxyl groups excluding tert-OH is 2. The molecule has 0 spiro atoms. The van der Waals surface area contributed by atoms with E-state index in [0.717, 1.165) is 36.4 Å². The Bertz CT molecular complexity index is 1840. The average molecular weight is 765 g/mol. The number of nitrogens with zero attached hydrogens (tertiary/aromatic N) is 6. The summed E-state index contributed by atoms with van der Waals surface area (Å²) in [5.41, 5.74) is 10.8. The Kier molecular flexibility index (Phi) is 12.2. The molecular formula is C26H38N8O15P2. The maximum Gasteiger partial charge on any atom is 0.472 e. The second-order valence-corrected chi connectivity index (χ2v) is 14.3. The molecule has 0 aliphatic carbocycles. The lowest BCUT2D eigenvalue weighted by molar-refractivity contribution is -0.156. The average Bonchev–Trinajstić information content (AvgIpc) is 3.71. The van der Waals surface area contributed by atoms with Crippen molar-refractivity contribution in [3.63, 3.8) is 0 Å². The normalized spacial score (nSPS) is 27.9. The van der Waals surface area contributed by atoms with E-state index >= 15 is 0 Å². The number of fused-ring (bicyclic) bond motifs is 1. The fourth-order valence-electron chi connectivity index (χ4n) is 5.55. The number of imidazole rings is 1. The van der Waals surface area contributed by atoms with Gasteiger partial charge in [0.2, 0.25) is 0 Å². The van der Waals surface area contributed by atoms with Crippen molar-refractivity contribution in [2.75, 3.05) is 24.7 Å². The molecule has 9 atom stereocenters. The number of phosphoric ester groups is 2. The zero-order valence-corrected chi connectivity index (χ0v) is 28.7. The number of aromatic nitrogens is 6. The standard InChI is InChI=1S/C26H38N8O15P2/c1-2-3-4-5-6-16(35)48-20-13(46-25(18(20)36)34-12-31-17-22(28)29-11-30-23(17)34)10-45-51(42,43)49-21-14(9-44-50(39,40)41)47-24(19(21)37)33-8-7-15(27)32-26(33)38/h7-8,11-14,18-21,24-25,36-37H,2-6,9-10H2,1H3,(H,42,43)(H2,27,32,38)(H2,28,29,30)(H2,39,40,41)/t13-,14-,18-,19-,20-,21-,24-,25-/m1/s1. The minimum atomic E-state index is -5.27. The highest BCUT2D eigenvalue weighted by atomic mass is 31.2. The van der Waals surface area contributed by atoms with Gasteiger partial charge in [0, 0.05) is 12.6 Å². The van der Waals surface area contributed by atoms with Crippen molar-refractivity contribution in [1.82, 2.24) is 29.1 Å². The van der Waals surface area contributed by atoms with Crippen LogP contribution in [0.2, 0.25) is 0 Å². The number of esters is 1. The van der Waals surface area contributed by atoms with Gasteiger partial charge in [0.1, 0.15) is 48.2 Å². The van der Waals surface area contributed by atoms with Gasteiger partial charge in [0.15, 0.2) is 30.0 Å². The van der Waals surface area contributed by atoms with E-state index in [0.29, 0.717) is 6.42 Å². The molecule has 0 bridgehead atoms. The maximum absolute atomic E-state index is 13.3. The first-order valence-corrected chi connectivity index (χ1v) is 18.6. The summed E-state index contributed by atoms with van der Waals surface area (Å²) in [5.74, 6) is -0.791. The number of nitrogens with two attached hydrogens (primary N) is 2. The fraction of sp³-hybridized carbons (Fsp3) is 0.615. The summed E-state index contributed by atoms with van der Waals surface area (Å²) in [7, 11) is -10.4. The van der Waals surface area contributed by atoms with Gasteiger partial charge in [-0.15, -0.1) is 0 Å². The van der Waals surface area contributed by atoms with E-state index in [2.05, 4.69) is 24.5 Å². The number of nitrogen functional groups attached to an aromatic ring is 2. The summed E-state index contributed by atoms with van der Waals surface area (Å²) in [5, 5.41) is 22.3. The predicted molar refractivity (Wildman–Crippen MR) is 170 cm³/mol. The van der Waals surface area contributed by atoms with Crippen molar-refractivity contribution in [2.24, 2.45) is 0 Å². The number of rotatable bonds is 16. The van der Waals surface area contributed by atoms with E-state index in [1.54, 1.807) is 0 Å². The van der Waals surface area contributed by atoms with Gasteiger partial charge in [0.05, 0.1) is 19.5 Å². The molecule has 3 aromatic heterocycles. The smallest absolute Gasteiger partial charge is 0.457 e. The van der Waals surface area contributed by atoms with Crippen molar-refractivity contribution in [3.05, 3.63) is 35.4 Å². The molecule has 23 nitrogen and oxygen atoms in total. The van der Waals surface area contributed by atoms with Crippen LogP contribution in [0.15, 0.2) is 29.7 Å². The highest BCUT2D eigenvalue weighted by Crippen LogP contribution is 2.50. The van der Waals surface area contributed by atoms with Crippen LogP contribution in [-0.2, 0) is 41.7 Å². The van der Waals surface area contributed by atoms with Gasteiger partial charge in [0.25, 0.3) is 0 Å². The van der Waals surface area contributed by atoms with Crippen LogP contribution in [0, 0.1) is 0 Å². The Labute approximate surface area is 288 Å². The summed E-state index contributed by atoms with van der Waals surface area (Å²) >= 11 is 0. The second kappa shape index (κ2) is 16.1. The molecule has 5 rings (SSSR count). The molecule has 2 fully saturated rings. The minimum Gasteiger partial charge on any atom is -0.457 e. The lowest BCUT2D eigenvalue weighted by Gasteiger charge is -2.25. The minimum absolute atomic E-state index is 0.0201. The molecule has 0 saturated carbocycles. The fourth-order valence-corrected chi connectivity index (χ4v) is 6.85. The van der Waals surface area contributed by atoms with Gasteiger partial charge in [-0.2, -0.15) is 4.98 Å². The lowest BCUT2D eigenvalue weighted by Crippen LogP contribution is -2.39. The third-order valence-electron chi connectivity index (χ3n) is 7.97. The van der Waals surface area contributed by atoms with Gasteiger partial charge >= 0.3 is 27.3 Å². The van der Waals surface area contributed by atoms with Crippen LogP contribution >= 0.6 is 15.6 Å². The first-order valence-electron chi connectivity index (χ1n) is 15.6. The second-order valence-electron chi connectivity index (χ2n) is 11.6. The number of hydrogen-bond donors (Lipinski definition) is 7. The molecule has 9 N–H and O–H groups in total. The Morgan fingerprint density at radius 1 is 0.941 bits per heavy atom. The van der Waals surface area contributed by atoms with Crippen molar-refractivity contribution in [2.45, 2.75) is 88.1 Å². The van der Waals surface area contributed by atoms with Crippen LogP contribution in [0.1, 0.15) is 51.5 Å². The largest absolute Gasteiger partial charge is 0.472 e. The quantitative estimate of drug-likeness (QED) is 0.0536. The molecule has 3 aromatic rings. The topological polar surface area (TPSA) is 338 Å². The molecule has 282 valence electrons. The zero-order chi connectivity index (χ0) is 37.1. The van der Waals surface area contributed by atoms with Gasteiger partial charge < -0.3 is 50.6 Å². The first kappa shape index (κ1) is 38.8. The summed E-state index contributed by atoms with van der Waals surface area (Å²) in [4.78, 5) is 70.0. The number of hydrogen-bond acceptors (Lipinski definition) is 18. The Morgan fingerprint density at radius 3 is 2.29 bits per heavy atom. The van der Waals surface area contributed by atoms with Gasteiger partial charge in [-0.3, -0.25) is 27.5 Å². The predicted octanol–water partition coefficient (Wildman–Crippen LogP) is -0.742. The molecule has 1 unspecified atom stereocenters. The van der Waals surface area contributed by atoms with Gasteiger partial charge in [-0.25, -0.2) is 28.9 Å². The van der Waals surface area contributed by atoms with Gasteiger partial charge in [-0.1, -0.05) is 26.2 Å². The van der Waals surface area contributed by atoms with E-state index in [4.69, 9.17) is 34.7 Å². The monoisotopic (exact) mass is 764 g/mol. The molecule has 2 saturated heterocycles. The zero-order valence-electron chi connectivity index (χ0n) is 26.9. The Hall–Kier alpha value is -3.44. The molecule has 2 aliphatic rings. The molecule has 0 radical (unpaired) electrons. The van der Waals surface area contributed by atoms with Crippen molar-refractivity contribution in [1.29, 1.82) is 0 Å². The molecule has 0 amide bonds. The van der Waals surface area contributed by atoms with Crippen LogP contribution < -0.4 is 17.2 Å².